The number of carbonyl (C=O) groups is 1. The molecule has 0 spiro atoms. The van der Waals surface area contributed by atoms with Gasteiger partial charge in [-0.2, -0.15) is 0 Å². The molecule has 0 saturated carbocycles. The molecular formula is C19H18ClN5O5. The number of hydrogen-bond acceptors (Lipinski definition) is 6. The van der Waals surface area contributed by atoms with Gasteiger partial charge in [0.2, 0.25) is 0 Å². The first-order valence-corrected chi connectivity index (χ1v) is 9.38. The third-order valence-corrected chi connectivity index (χ3v) is 5.03. The molecule has 3 rings (SSSR count). The summed E-state index contributed by atoms with van der Waals surface area (Å²) >= 11 is 5.81. The summed E-state index contributed by atoms with van der Waals surface area (Å²) in [6.07, 6.45) is 2.74. The zero-order chi connectivity index (χ0) is 22.2. The molecule has 3 aromatic rings. The van der Waals surface area contributed by atoms with Crippen molar-refractivity contribution in [2.75, 3.05) is 5.32 Å². The summed E-state index contributed by atoms with van der Waals surface area (Å²) in [5.41, 5.74) is -0.598. The minimum absolute atomic E-state index is 0.000143. The molecule has 0 aliphatic carbocycles. The van der Waals surface area contributed by atoms with Gasteiger partial charge in [0.25, 0.3) is 17.2 Å². The van der Waals surface area contributed by atoms with Crippen LogP contribution in [-0.2, 0) is 20.5 Å². The number of anilines is 1. The van der Waals surface area contributed by atoms with E-state index in [2.05, 4.69) is 10.3 Å². The number of halogens is 1. The molecule has 10 nitrogen and oxygen atoms in total. The Balaban J connectivity index is 2.22. The van der Waals surface area contributed by atoms with E-state index in [1.165, 1.54) is 37.0 Å². The van der Waals surface area contributed by atoms with Gasteiger partial charge in [0.05, 0.1) is 10.6 Å². The SMILES string of the molecule is CCCc1cnc2c(c1NC(=O)c1ccc(Cl)c([N+](=O)[O-])c1)c(=O)n(C)c(=O)n2C. The lowest BCUT2D eigenvalue weighted by Crippen LogP contribution is -2.38. The molecule has 0 unspecified atom stereocenters. The van der Waals surface area contributed by atoms with Gasteiger partial charge in [0.1, 0.15) is 10.4 Å². The van der Waals surface area contributed by atoms with Crippen LogP contribution >= 0.6 is 11.6 Å². The molecule has 0 fully saturated rings. The fourth-order valence-corrected chi connectivity index (χ4v) is 3.34. The van der Waals surface area contributed by atoms with Gasteiger partial charge < -0.3 is 5.32 Å². The first kappa shape index (κ1) is 21.2. The van der Waals surface area contributed by atoms with Crippen molar-refractivity contribution in [2.45, 2.75) is 19.8 Å². The van der Waals surface area contributed by atoms with E-state index in [9.17, 15) is 24.5 Å². The van der Waals surface area contributed by atoms with Crippen LogP contribution in [0, 0.1) is 10.1 Å². The zero-order valence-corrected chi connectivity index (χ0v) is 17.2. The molecule has 2 heterocycles. The van der Waals surface area contributed by atoms with E-state index in [1.807, 2.05) is 6.92 Å². The Morgan fingerprint density at radius 2 is 1.97 bits per heavy atom. The molecule has 0 aliphatic heterocycles. The van der Waals surface area contributed by atoms with Crippen molar-refractivity contribution in [3.8, 4) is 0 Å². The van der Waals surface area contributed by atoms with Crippen LogP contribution in [0.5, 0.6) is 0 Å². The first-order chi connectivity index (χ1) is 14.2. The Morgan fingerprint density at radius 1 is 1.27 bits per heavy atom. The van der Waals surface area contributed by atoms with Gasteiger partial charge in [0, 0.05) is 31.9 Å². The quantitative estimate of drug-likeness (QED) is 0.487. The number of nitrogens with one attached hydrogen (secondary N) is 1. The smallest absolute Gasteiger partial charge is 0.321 e. The first-order valence-electron chi connectivity index (χ1n) is 9.00. The van der Waals surface area contributed by atoms with E-state index >= 15 is 0 Å². The van der Waals surface area contributed by atoms with Crippen LogP contribution in [0.4, 0.5) is 11.4 Å². The number of pyridine rings is 1. The number of nitrogens with zero attached hydrogens (tertiary/aromatic N) is 4. The average molecular weight is 432 g/mol. The third-order valence-electron chi connectivity index (χ3n) is 4.71. The van der Waals surface area contributed by atoms with Crippen molar-refractivity contribution in [3.63, 3.8) is 0 Å². The van der Waals surface area contributed by atoms with Crippen molar-refractivity contribution in [2.24, 2.45) is 14.1 Å². The molecule has 2 aromatic heterocycles. The maximum absolute atomic E-state index is 12.9. The van der Waals surface area contributed by atoms with Crippen LogP contribution in [0.1, 0.15) is 29.3 Å². The summed E-state index contributed by atoms with van der Waals surface area (Å²) in [7, 11) is 2.81. The van der Waals surface area contributed by atoms with Crippen molar-refractivity contribution >= 4 is 39.9 Å². The highest BCUT2D eigenvalue weighted by molar-refractivity contribution is 6.32. The van der Waals surface area contributed by atoms with Crippen molar-refractivity contribution in [1.29, 1.82) is 0 Å². The molecule has 1 amide bonds. The molecular weight excluding hydrogens is 414 g/mol. The molecule has 11 heteroatoms. The zero-order valence-electron chi connectivity index (χ0n) is 16.4. The van der Waals surface area contributed by atoms with Gasteiger partial charge in [-0.05, 0) is 24.1 Å². The Labute approximate surface area is 174 Å². The number of aryl methyl sites for hydroxylation is 2. The van der Waals surface area contributed by atoms with Crippen LogP contribution in [0.3, 0.4) is 0 Å². The summed E-state index contributed by atoms with van der Waals surface area (Å²) in [4.78, 5) is 52.6. The van der Waals surface area contributed by atoms with Crippen LogP contribution in [0.2, 0.25) is 5.02 Å². The van der Waals surface area contributed by atoms with Crippen LogP contribution < -0.4 is 16.6 Å². The van der Waals surface area contributed by atoms with Gasteiger partial charge in [-0.25, -0.2) is 9.78 Å². The number of benzene rings is 1. The number of nitro groups is 1. The molecule has 1 N–H and O–H groups in total. The molecule has 30 heavy (non-hydrogen) atoms. The molecule has 0 radical (unpaired) electrons. The van der Waals surface area contributed by atoms with E-state index in [-0.39, 0.29) is 27.3 Å². The second-order valence-corrected chi connectivity index (χ2v) is 7.10. The number of fused-ring (bicyclic) bond motifs is 1. The standard InChI is InChI=1S/C19H18ClN5O5/c1-4-5-11-9-21-16-14(18(27)24(3)19(28)23(16)2)15(11)22-17(26)10-6-7-12(20)13(8-10)25(29)30/h6-9H,4-5H2,1-3H3,(H,21,22,26). The molecule has 0 atom stereocenters. The second kappa shape index (κ2) is 8.07. The number of nitro benzene ring substituents is 1. The van der Waals surface area contributed by atoms with E-state index < -0.39 is 27.8 Å². The Kier molecular flexibility index (Phi) is 5.70. The normalized spacial score (nSPS) is 10.9. The lowest BCUT2D eigenvalue weighted by atomic mass is 10.1. The fraction of sp³-hybridized carbons (Fsp3) is 0.263. The minimum Gasteiger partial charge on any atom is -0.321 e. The highest BCUT2D eigenvalue weighted by atomic mass is 35.5. The summed E-state index contributed by atoms with van der Waals surface area (Å²) in [5.74, 6) is -0.657. The average Bonchev–Trinajstić information content (AvgIpc) is 2.71. The summed E-state index contributed by atoms with van der Waals surface area (Å²) in [5, 5.41) is 13.8. The molecule has 1 aromatic carbocycles. The molecule has 0 saturated heterocycles. The van der Waals surface area contributed by atoms with E-state index in [0.29, 0.717) is 18.4 Å². The van der Waals surface area contributed by atoms with Crippen molar-refractivity contribution in [1.82, 2.24) is 14.1 Å². The van der Waals surface area contributed by atoms with Crippen molar-refractivity contribution in [3.05, 3.63) is 71.5 Å². The minimum atomic E-state index is -0.686. The van der Waals surface area contributed by atoms with Gasteiger partial charge in [-0.3, -0.25) is 28.8 Å². The monoisotopic (exact) mass is 431 g/mol. The van der Waals surface area contributed by atoms with E-state index in [4.69, 9.17) is 11.6 Å². The summed E-state index contributed by atoms with van der Waals surface area (Å²) < 4.78 is 2.15. The summed E-state index contributed by atoms with van der Waals surface area (Å²) in [6.45, 7) is 1.93. The van der Waals surface area contributed by atoms with E-state index in [0.717, 1.165) is 10.6 Å². The van der Waals surface area contributed by atoms with Crippen LogP contribution in [0.15, 0.2) is 34.0 Å². The molecule has 0 bridgehead atoms. The Hall–Kier alpha value is -3.53. The predicted molar refractivity (Wildman–Crippen MR) is 112 cm³/mol. The highest BCUT2D eigenvalue weighted by Gasteiger charge is 2.21. The van der Waals surface area contributed by atoms with Gasteiger partial charge in [-0.15, -0.1) is 0 Å². The largest absolute Gasteiger partial charge is 0.332 e. The fourth-order valence-electron chi connectivity index (χ4n) is 3.15. The lowest BCUT2D eigenvalue weighted by molar-refractivity contribution is -0.384. The number of aromatic nitrogens is 3. The predicted octanol–water partition coefficient (Wildman–Crippen LogP) is 2.40. The highest BCUT2D eigenvalue weighted by Crippen LogP contribution is 2.27. The number of carbonyl (C=O) groups excluding carboxylic acids is 1. The maximum atomic E-state index is 12.9. The lowest BCUT2D eigenvalue weighted by Gasteiger charge is -2.15. The Morgan fingerprint density at radius 3 is 2.60 bits per heavy atom. The van der Waals surface area contributed by atoms with Crippen LogP contribution in [-0.4, -0.2) is 24.9 Å². The molecule has 0 aliphatic rings. The van der Waals surface area contributed by atoms with Gasteiger partial charge in [0.15, 0.2) is 5.65 Å². The summed E-state index contributed by atoms with van der Waals surface area (Å²) in [6, 6.07) is 3.67. The van der Waals surface area contributed by atoms with Crippen molar-refractivity contribution < 1.29 is 9.72 Å². The Bertz CT molecular complexity index is 1310. The van der Waals surface area contributed by atoms with Gasteiger partial charge in [-0.1, -0.05) is 24.9 Å². The number of amides is 1. The van der Waals surface area contributed by atoms with E-state index in [1.54, 1.807) is 0 Å². The number of rotatable bonds is 5. The van der Waals surface area contributed by atoms with Crippen LogP contribution in [0.25, 0.3) is 11.0 Å². The second-order valence-electron chi connectivity index (χ2n) is 6.69. The molecule has 156 valence electrons. The maximum Gasteiger partial charge on any atom is 0.332 e. The number of hydrogen-bond donors (Lipinski definition) is 1. The third kappa shape index (κ3) is 3.57. The topological polar surface area (TPSA) is 129 Å². The van der Waals surface area contributed by atoms with Gasteiger partial charge >= 0.3 is 5.69 Å².